The van der Waals surface area contributed by atoms with Gasteiger partial charge in [-0.05, 0) is 29.1 Å². The van der Waals surface area contributed by atoms with Crippen LogP contribution in [0.2, 0.25) is 0 Å². The van der Waals surface area contributed by atoms with Gasteiger partial charge in [0.2, 0.25) is 5.91 Å². The summed E-state index contributed by atoms with van der Waals surface area (Å²) < 4.78 is 15.6. The van der Waals surface area contributed by atoms with E-state index in [4.69, 9.17) is 14.2 Å². The van der Waals surface area contributed by atoms with Gasteiger partial charge >= 0.3 is 0 Å². The first-order valence-corrected chi connectivity index (χ1v) is 10.2. The van der Waals surface area contributed by atoms with E-state index in [1.807, 2.05) is 35.7 Å². The molecular weight excluding hydrogens is 406 g/mol. The van der Waals surface area contributed by atoms with Gasteiger partial charge in [-0.15, -0.1) is 11.3 Å². The monoisotopic (exact) mass is 431 g/mol. The first-order valence-electron chi connectivity index (χ1n) is 9.36. The Morgan fingerprint density at radius 1 is 1.20 bits per heavy atom. The molecule has 2 heterocycles. The van der Waals surface area contributed by atoms with Crippen molar-refractivity contribution >= 4 is 28.9 Å². The van der Waals surface area contributed by atoms with Crippen LogP contribution in [0.1, 0.15) is 22.9 Å². The van der Waals surface area contributed by atoms with E-state index in [-0.39, 0.29) is 31.0 Å². The molecule has 1 atom stereocenters. The second-order valence-electron chi connectivity index (χ2n) is 6.78. The number of amides is 2. The van der Waals surface area contributed by atoms with Gasteiger partial charge in [0.1, 0.15) is 13.2 Å². The van der Waals surface area contributed by atoms with E-state index in [1.165, 1.54) is 17.0 Å². The van der Waals surface area contributed by atoms with Crippen LogP contribution in [-0.2, 0) is 14.3 Å². The van der Waals surface area contributed by atoms with E-state index in [0.717, 1.165) is 16.2 Å². The van der Waals surface area contributed by atoms with Crippen molar-refractivity contribution in [3.8, 4) is 11.5 Å². The number of ether oxygens (including phenoxy) is 3. The van der Waals surface area contributed by atoms with Crippen LogP contribution in [0.25, 0.3) is 0 Å². The molecule has 0 N–H and O–H groups in total. The van der Waals surface area contributed by atoms with Crippen LogP contribution in [0.3, 0.4) is 0 Å². The normalized spacial score (nSPS) is 15.7. The predicted octanol–water partition coefficient (Wildman–Crippen LogP) is 2.55. The van der Waals surface area contributed by atoms with Crippen molar-refractivity contribution in [1.29, 1.82) is 0 Å². The number of nitrogens with zero attached hydrogens (tertiary/aromatic N) is 3. The third-order valence-corrected chi connectivity index (χ3v) is 5.75. The van der Waals surface area contributed by atoms with E-state index in [2.05, 4.69) is 5.10 Å². The molecule has 0 bridgehead atoms. The average Bonchev–Trinajstić information content (AvgIpc) is 3.43. The summed E-state index contributed by atoms with van der Waals surface area (Å²) in [6.07, 6.45) is 0.567. The third kappa shape index (κ3) is 4.63. The quantitative estimate of drug-likeness (QED) is 0.642. The number of rotatable bonds is 8. The largest absolute Gasteiger partial charge is 0.493 e. The van der Waals surface area contributed by atoms with Crippen molar-refractivity contribution in [3.05, 3.63) is 46.2 Å². The number of thiophene rings is 1. The minimum atomic E-state index is -0.305. The Balaban J connectivity index is 1.89. The van der Waals surface area contributed by atoms with Gasteiger partial charge < -0.3 is 19.1 Å². The number of hydrazone groups is 1. The van der Waals surface area contributed by atoms with Gasteiger partial charge in [-0.1, -0.05) is 12.1 Å². The highest BCUT2D eigenvalue weighted by atomic mass is 32.1. The summed E-state index contributed by atoms with van der Waals surface area (Å²) in [4.78, 5) is 27.4. The number of hydrogen-bond donors (Lipinski definition) is 0. The topological polar surface area (TPSA) is 80.7 Å². The minimum Gasteiger partial charge on any atom is -0.493 e. The van der Waals surface area contributed by atoms with Crippen LogP contribution in [0.4, 0.5) is 0 Å². The molecule has 9 heteroatoms. The molecule has 0 saturated heterocycles. The first kappa shape index (κ1) is 21.8. The summed E-state index contributed by atoms with van der Waals surface area (Å²) in [6, 6.07) is 9.21. The summed E-state index contributed by atoms with van der Waals surface area (Å²) in [5.41, 5.74) is 1.71. The molecule has 0 aliphatic carbocycles. The maximum atomic E-state index is 13.1. The second kappa shape index (κ2) is 9.73. The van der Waals surface area contributed by atoms with Crippen LogP contribution in [0, 0.1) is 0 Å². The summed E-state index contributed by atoms with van der Waals surface area (Å²) >= 11 is 1.58. The molecule has 0 radical (unpaired) electrons. The fourth-order valence-electron chi connectivity index (χ4n) is 3.25. The molecule has 1 aliphatic heterocycles. The highest BCUT2D eigenvalue weighted by molar-refractivity contribution is 7.12. The van der Waals surface area contributed by atoms with Gasteiger partial charge in [-0.2, -0.15) is 5.10 Å². The summed E-state index contributed by atoms with van der Waals surface area (Å²) in [6.45, 7) is -0.167. The first-order chi connectivity index (χ1) is 14.5. The zero-order chi connectivity index (χ0) is 21.7. The van der Waals surface area contributed by atoms with Gasteiger partial charge in [0.15, 0.2) is 11.5 Å². The highest BCUT2D eigenvalue weighted by Crippen LogP contribution is 2.37. The lowest BCUT2D eigenvalue weighted by atomic mass is 10.0. The molecule has 1 aromatic heterocycles. The van der Waals surface area contributed by atoms with Crippen molar-refractivity contribution < 1.29 is 23.8 Å². The van der Waals surface area contributed by atoms with Gasteiger partial charge in [-0.25, -0.2) is 5.01 Å². The van der Waals surface area contributed by atoms with Crippen molar-refractivity contribution in [2.45, 2.75) is 12.5 Å². The number of methoxy groups -OCH3 is 3. The molecule has 30 heavy (non-hydrogen) atoms. The van der Waals surface area contributed by atoms with Crippen molar-refractivity contribution in [2.24, 2.45) is 5.10 Å². The molecule has 1 aliphatic rings. The fourth-order valence-corrected chi connectivity index (χ4v) is 3.97. The van der Waals surface area contributed by atoms with Gasteiger partial charge in [0.25, 0.3) is 5.91 Å². The van der Waals surface area contributed by atoms with Gasteiger partial charge in [0.05, 0.1) is 30.9 Å². The average molecular weight is 432 g/mol. The summed E-state index contributed by atoms with van der Waals surface area (Å²) in [7, 11) is 6.17. The summed E-state index contributed by atoms with van der Waals surface area (Å²) in [5.74, 6) is 0.657. The number of likely N-dealkylation sites (N-methyl/N-ethyl adjacent to an activating group) is 1. The number of hydrogen-bond acceptors (Lipinski definition) is 7. The Hall–Kier alpha value is -2.91. The Bertz CT molecular complexity index is 929. The number of benzene rings is 1. The molecule has 0 spiro atoms. The molecule has 3 rings (SSSR count). The maximum absolute atomic E-state index is 13.1. The van der Waals surface area contributed by atoms with Crippen LogP contribution >= 0.6 is 11.3 Å². The van der Waals surface area contributed by atoms with E-state index < -0.39 is 0 Å². The lowest BCUT2D eigenvalue weighted by molar-refractivity contribution is -0.142. The van der Waals surface area contributed by atoms with Crippen molar-refractivity contribution in [2.75, 3.05) is 41.5 Å². The highest BCUT2D eigenvalue weighted by Gasteiger charge is 2.34. The van der Waals surface area contributed by atoms with E-state index >= 15 is 0 Å². The maximum Gasteiger partial charge on any atom is 0.262 e. The molecular formula is C21H25N3O5S. The lowest BCUT2D eigenvalue weighted by Crippen LogP contribution is -2.40. The molecule has 0 fully saturated rings. The standard InChI is InChI=1S/C21H25N3O5S/c1-23(21(26)13-27-2)12-20(25)24-16(11-15(22-24)19-6-5-9-30-19)14-7-8-17(28-3)18(10-14)29-4/h5-10,16H,11-13H2,1-4H3/t16-/m0/s1. The molecule has 160 valence electrons. The van der Waals surface area contributed by atoms with Gasteiger partial charge in [0, 0.05) is 20.6 Å². The molecule has 0 saturated carbocycles. The zero-order valence-electron chi connectivity index (χ0n) is 17.5. The van der Waals surface area contributed by atoms with Crippen LogP contribution in [-0.4, -0.2) is 69.0 Å². The van der Waals surface area contributed by atoms with Crippen LogP contribution in [0.5, 0.6) is 11.5 Å². The van der Waals surface area contributed by atoms with E-state index in [9.17, 15) is 9.59 Å². The lowest BCUT2D eigenvalue weighted by Gasteiger charge is -2.25. The second-order valence-corrected chi connectivity index (χ2v) is 7.73. The molecule has 8 nitrogen and oxygen atoms in total. The van der Waals surface area contributed by atoms with Crippen molar-refractivity contribution in [1.82, 2.24) is 9.91 Å². The Morgan fingerprint density at radius 2 is 1.97 bits per heavy atom. The van der Waals surface area contributed by atoms with E-state index in [1.54, 1.807) is 32.6 Å². The number of carbonyl (C=O) groups excluding carboxylic acids is 2. The SMILES string of the molecule is COCC(=O)N(C)CC(=O)N1N=C(c2cccs2)C[C@H]1c1ccc(OC)c(OC)c1. The minimum absolute atomic E-state index is 0.0768. The third-order valence-electron chi connectivity index (χ3n) is 4.83. The Labute approximate surface area is 179 Å². The zero-order valence-corrected chi connectivity index (χ0v) is 18.3. The van der Waals surface area contributed by atoms with Crippen LogP contribution in [0.15, 0.2) is 40.8 Å². The fraction of sp³-hybridized carbons (Fsp3) is 0.381. The Kier molecular flexibility index (Phi) is 7.07. The molecule has 2 aromatic rings. The predicted molar refractivity (Wildman–Crippen MR) is 114 cm³/mol. The molecule has 0 unspecified atom stereocenters. The summed E-state index contributed by atoms with van der Waals surface area (Å²) in [5, 5.41) is 8.06. The number of carbonyl (C=O) groups is 2. The van der Waals surface area contributed by atoms with E-state index in [0.29, 0.717) is 17.9 Å². The smallest absolute Gasteiger partial charge is 0.262 e. The van der Waals surface area contributed by atoms with Crippen LogP contribution < -0.4 is 9.47 Å². The molecule has 2 amide bonds. The van der Waals surface area contributed by atoms with Crippen molar-refractivity contribution in [3.63, 3.8) is 0 Å². The molecule has 1 aromatic carbocycles. The Morgan fingerprint density at radius 3 is 2.60 bits per heavy atom. The van der Waals surface area contributed by atoms with Gasteiger partial charge in [-0.3, -0.25) is 9.59 Å².